The molecule has 0 aliphatic heterocycles. The summed E-state index contributed by atoms with van der Waals surface area (Å²) < 4.78 is 16.4. The van der Waals surface area contributed by atoms with Gasteiger partial charge in [-0.2, -0.15) is 0 Å². The number of hydrogen-bond acceptors (Lipinski definition) is 6. The van der Waals surface area contributed by atoms with Crippen molar-refractivity contribution >= 4 is 23.7 Å². The summed E-state index contributed by atoms with van der Waals surface area (Å²) in [7, 11) is 0. The summed E-state index contributed by atoms with van der Waals surface area (Å²) >= 11 is 6.21. The molecule has 3 N–H and O–H groups in total. The van der Waals surface area contributed by atoms with Gasteiger partial charge >= 0.3 is 12.1 Å². The predicted molar refractivity (Wildman–Crippen MR) is 133 cm³/mol. The number of amides is 1. The minimum Gasteiger partial charge on any atom is -0.465 e. The lowest BCUT2D eigenvalue weighted by atomic mass is 10.0. The fraction of sp³-hybridized carbons (Fsp3) is 0.462. The highest BCUT2D eigenvalue weighted by molar-refractivity contribution is 6.30. The van der Waals surface area contributed by atoms with Crippen molar-refractivity contribution in [1.82, 2.24) is 5.32 Å². The average Bonchev–Trinajstić information content (AvgIpc) is 2.75. The van der Waals surface area contributed by atoms with Gasteiger partial charge in [0.2, 0.25) is 0 Å². The van der Waals surface area contributed by atoms with Crippen LogP contribution >= 0.6 is 11.6 Å². The number of halogens is 1. The maximum Gasteiger partial charge on any atom is 0.407 e. The SMILES string of the molecule is CCOC(=O)C(N)CCCCc1ccc(Cl)cc1Oc1cccc(CNC(=O)OC(C)(C)C)c1. The molecule has 1 amide bonds. The molecule has 7 nitrogen and oxygen atoms in total. The van der Waals surface area contributed by atoms with Crippen LogP contribution < -0.4 is 15.8 Å². The Labute approximate surface area is 206 Å². The van der Waals surface area contributed by atoms with Crippen LogP contribution in [0, 0.1) is 0 Å². The molecule has 186 valence electrons. The molecule has 0 aromatic heterocycles. The fourth-order valence-electron chi connectivity index (χ4n) is 3.21. The van der Waals surface area contributed by atoms with Gasteiger partial charge in [0, 0.05) is 11.6 Å². The summed E-state index contributed by atoms with van der Waals surface area (Å²) in [4.78, 5) is 23.6. The Morgan fingerprint density at radius 1 is 1.12 bits per heavy atom. The summed E-state index contributed by atoms with van der Waals surface area (Å²) in [5.74, 6) is 0.940. The molecule has 0 heterocycles. The third-order valence-corrected chi connectivity index (χ3v) is 5.03. The van der Waals surface area contributed by atoms with Gasteiger partial charge in [0.15, 0.2) is 0 Å². The summed E-state index contributed by atoms with van der Waals surface area (Å²) in [6.07, 6.45) is 2.47. The number of nitrogens with two attached hydrogens (primary N) is 1. The summed E-state index contributed by atoms with van der Waals surface area (Å²) in [6, 6.07) is 12.4. The Morgan fingerprint density at radius 3 is 2.59 bits per heavy atom. The molecule has 0 aliphatic rings. The molecule has 2 aromatic rings. The molecule has 1 unspecified atom stereocenters. The lowest BCUT2D eigenvalue weighted by Gasteiger charge is -2.19. The maximum absolute atomic E-state index is 11.9. The second-order valence-electron chi connectivity index (χ2n) is 8.96. The van der Waals surface area contributed by atoms with E-state index in [0.29, 0.717) is 36.1 Å². The quantitative estimate of drug-likeness (QED) is 0.307. The van der Waals surface area contributed by atoms with Crippen molar-refractivity contribution < 1.29 is 23.8 Å². The van der Waals surface area contributed by atoms with Crippen molar-refractivity contribution in [2.45, 2.75) is 71.6 Å². The molecular formula is C26H35ClN2O5. The van der Waals surface area contributed by atoms with Crippen LogP contribution in [-0.4, -0.2) is 30.3 Å². The van der Waals surface area contributed by atoms with Gasteiger partial charge in [-0.25, -0.2) is 4.79 Å². The first-order valence-electron chi connectivity index (χ1n) is 11.5. The minimum absolute atomic E-state index is 0.315. The van der Waals surface area contributed by atoms with Crippen molar-refractivity contribution in [3.63, 3.8) is 0 Å². The number of nitrogens with one attached hydrogen (secondary N) is 1. The van der Waals surface area contributed by atoms with Gasteiger partial charge in [-0.3, -0.25) is 4.79 Å². The molecule has 34 heavy (non-hydrogen) atoms. The molecule has 0 radical (unpaired) electrons. The average molecular weight is 491 g/mol. The van der Waals surface area contributed by atoms with E-state index >= 15 is 0 Å². The Kier molecular flexibility index (Phi) is 10.7. The van der Waals surface area contributed by atoms with E-state index in [0.717, 1.165) is 30.4 Å². The smallest absolute Gasteiger partial charge is 0.407 e. The molecule has 2 rings (SSSR count). The topological polar surface area (TPSA) is 99.9 Å². The monoisotopic (exact) mass is 490 g/mol. The second kappa shape index (κ2) is 13.2. The molecular weight excluding hydrogens is 456 g/mol. The van der Waals surface area contributed by atoms with Crippen LogP contribution in [0.5, 0.6) is 11.5 Å². The number of ether oxygens (including phenoxy) is 3. The van der Waals surface area contributed by atoms with E-state index < -0.39 is 17.7 Å². The molecule has 0 spiro atoms. The highest BCUT2D eigenvalue weighted by Crippen LogP contribution is 2.30. The van der Waals surface area contributed by atoms with Gasteiger partial charge in [0.25, 0.3) is 0 Å². The minimum atomic E-state index is -0.599. The van der Waals surface area contributed by atoms with E-state index in [2.05, 4.69) is 5.32 Å². The molecule has 0 bridgehead atoms. The first-order chi connectivity index (χ1) is 16.1. The number of rotatable bonds is 11. The second-order valence-corrected chi connectivity index (χ2v) is 9.40. The Hall–Kier alpha value is -2.77. The van der Waals surface area contributed by atoms with E-state index in [-0.39, 0.29) is 5.97 Å². The highest BCUT2D eigenvalue weighted by atomic mass is 35.5. The summed E-state index contributed by atoms with van der Waals surface area (Å²) in [5, 5.41) is 3.32. The number of esters is 1. The number of hydrogen-bond donors (Lipinski definition) is 2. The zero-order valence-corrected chi connectivity index (χ0v) is 21.1. The third kappa shape index (κ3) is 10.0. The number of aryl methyl sites for hydroxylation is 1. The number of unbranched alkanes of at least 4 members (excludes halogenated alkanes) is 1. The van der Waals surface area contributed by atoms with Crippen LogP contribution in [0.1, 0.15) is 58.1 Å². The van der Waals surface area contributed by atoms with E-state index in [1.807, 2.05) is 57.2 Å². The van der Waals surface area contributed by atoms with Crippen molar-refractivity contribution in [2.24, 2.45) is 5.73 Å². The predicted octanol–water partition coefficient (Wildman–Crippen LogP) is 5.76. The van der Waals surface area contributed by atoms with Gasteiger partial charge in [-0.15, -0.1) is 0 Å². The zero-order chi connectivity index (χ0) is 25.1. The van der Waals surface area contributed by atoms with Crippen molar-refractivity contribution in [3.05, 3.63) is 58.6 Å². The summed E-state index contributed by atoms with van der Waals surface area (Å²) in [6.45, 7) is 7.86. The van der Waals surface area contributed by atoms with E-state index in [1.54, 1.807) is 13.0 Å². The van der Waals surface area contributed by atoms with Crippen LogP contribution in [0.4, 0.5) is 4.79 Å². The van der Waals surface area contributed by atoms with Gasteiger partial charge in [-0.05, 0) is 82.3 Å². The van der Waals surface area contributed by atoms with Crippen molar-refractivity contribution in [2.75, 3.05) is 6.61 Å². The molecule has 0 aliphatic carbocycles. The normalized spacial score (nSPS) is 12.1. The Balaban J connectivity index is 1.96. The first-order valence-corrected chi connectivity index (χ1v) is 11.9. The number of alkyl carbamates (subject to hydrolysis) is 1. The number of benzene rings is 2. The molecule has 0 saturated carbocycles. The highest BCUT2D eigenvalue weighted by Gasteiger charge is 2.16. The maximum atomic E-state index is 11.9. The van der Waals surface area contributed by atoms with Crippen molar-refractivity contribution in [3.8, 4) is 11.5 Å². The summed E-state index contributed by atoms with van der Waals surface area (Å²) in [5.41, 5.74) is 7.20. The van der Waals surface area contributed by atoms with Gasteiger partial charge in [-0.1, -0.05) is 36.2 Å². The van der Waals surface area contributed by atoms with Gasteiger partial charge in [0.05, 0.1) is 6.61 Å². The molecule has 1 atom stereocenters. The third-order valence-electron chi connectivity index (χ3n) is 4.79. The lowest BCUT2D eigenvalue weighted by Crippen LogP contribution is -2.32. The van der Waals surface area contributed by atoms with E-state index in [9.17, 15) is 9.59 Å². The number of carbonyl (C=O) groups is 2. The van der Waals surface area contributed by atoms with E-state index in [4.69, 9.17) is 31.5 Å². The Bertz CT molecular complexity index is 958. The van der Waals surface area contributed by atoms with Crippen LogP contribution in [0.2, 0.25) is 5.02 Å². The largest absolute Gasteiger partial charge is 0.465 e. The molecule has 0 saturated heterocycles. The van der Waals surface area contributed by atoms with Gasteiger partial charge < -0.3 is 25.3 Å². The Morgan fingerprint density at radius 2 is 1.88 bits per heavy atom. The van der Waals surface area contributed by atoms with Gasteiger partial charge in [0.1, 0.15) is 23.1 Å². The zero-order valence-electron chi connectivity index (χ0n) is 20.4. The van der Waals surface area contributed by atoms with Crippen LogP contribution in [-0.2, 0) is 27.2 Å². The fourth-order valence-corrected chi connectivity index (χ4v) is 3.37. The van der Waals surface area contributed by atoms with Crippen molar-refractivity contribution in [1.29, 1.82) is 0 Å². The molecule has 8 heteroatoms. The molecule has 2 aromatic carbocycles. The van der Waals surface area contributed by atoms with Crippen LogP contribution in [0.25, 0.3) is 0 Å². The standard InChI is InChI=1S/C26H35ClN2O5/c1-5-32-24(30)22(28)12-7-6-10-19-13-14-20(27)16-23(19)33-21-11-8-9-18(15-21)17-29-25(31)34-26(2,3)4/h8-9,11,13-16,22H,5-7,10,12,17,28H2,1-4H3,(H,29,31). The van der Waals surface area contributed by atoms with Crippen LogP contribution in [0.15, 0.2) is 42.5 Å². The molecule has 0 fully saturated rings. The number of carbonyl (C=O) groups excluding carboxylic acids is 2. The lowest BCUT2D eigenvalue weighted by molar-refractivity contribution is -0.144. The van der Waals surface area contributed by atoms with Crippen LogP contribution in [0.3, 0.4) is 0 Å². The first kappa shape index (κ1) is 27.5. The van der Waals surface area contributed by atoms with E-state index in [1.165, 1.54) is 0 Å².